The van der Waals surface area contributed by atoms with E-state index in [2.05, 4.69) is 0 Å². The van der Waals surface area contributed by atoms with Crippen LogP contribution in [0.15, 0.2) is 18.2 Å². The van der Waals surface area contributed by atoms with Gasteiger partial charge in [0, 0.05) is 18.7 Å². The average molecular weight is 179 g/mol. The molecule has 0 aromatic heterocycles. The fourth-order valence-electron chi connectivity index (χ4n) is 1.26. The average Bonchev–Trinajstić information content (AvgIpc) is 2.08. The summed E-state index contributed by atoms with van der Waals surface area (Å²) in [6, 6.07) is 4.76. The highest BCUT2D eigenvalue weighted by Gasteiger charge is 2.21. The van der Waals surface area contributed by atoms with E-state index >= 15 is 0 Å². The second kappa shape index (κ2) is 2.65. The Morgan fingerprint density at radius 2 is 2.31 bits per heavy atom. The van der Waals surface area contributed by atoms with Gasteiger partial charge in [0.25, 0.3) is 0 Å². The number of nitrogens with zero attached hydrogens (tertiary/aromatic N) is 1. The fraction of sp³-hybridized carbons (Fsp3) is 0.222. The molecular formula is C9H9NO3. The van der Waals surface area contributed by atoms with Crippen LogP contribution in [0.2, 0.25) is 0 Å². The van der Waals surface area contributed by atoms with Gasteiger partial charge >= 0.3 is 6.09 Å². The van der Waals surface area contributed by atoms with E-state index in [9.17, 15) is 4.79 Å². The summed E-state index contributed by atoms with van der Waals surface area (Å²) in [6.07, 6.45) is -0.391. The van der Waals surface area contributed by atoms with E-state index in [-0.39, 0.29) is 5.75 Å². The van der Waals surface area contributed by atoms with Gasteiger partial charge in [0.15, 0.2) is 0 Å². The first-order valence-electron chi connectivity index (χ1n) is 3.91. The summed E-state index contributed by atoms with van der Waals surface area (Å²) in [5.74, 6) is 0.555. The van der Waals surface area contributed by atoms with Crippen molar-refractivity contribution in [3.8, 4) is 11.5 Å². The monoisotopic (exact) mass is 179 g/mol. The molecule has 0 saturated heterocycles. The maximum atomic E-state index is 11.1. The van der Waals surface area contributed by atoms with Crippen molar-refractivity contribution in [1.29, 1.82) is 0 Å². The number of fused-ring (bicyclic) bond motifs is 1. The largest absolute Gasteiger partial charge is 0.508 e. The standard InChI is InChI=1S/C9H9NO3/c1-10-5-6-2-3-7(11)4-8(6)13-9(10)12/h2-4,11H,5H2,1H3. The lowest BCUT2D eigenvalue weighted by molar-refractivity contribution is 0.150. The minimum absolute atomic E-state index is 0.108. The van der Waals surface area contributed by atoms with Crippen LogP contribution in [0.1, 0.15) is 5.56 Å². The second-order valence-electron chi connectivity index (χ2n) is 3.02. The number of aromatic hydroxyl groups is 1. The lowest BCUT2D eigenvalue weighted by atomic mass is 10.1. The molecule has 0 fully saturated rings. The van der Waals surface area contributed by atoms with Crippen molar-refractivity contribution in [2.45, 2.75) is 6.54 Å². The topological polar surface area (TPSA) is 49.8 Å². The van der Waals surface area contributed by atoms with E-state index in [0.717, 1.165) is 5.56 Å². The molecule has 1 aromatic rings. The molecule has 1 amide bonds. The third-order valence-electron chi connectivity index (χ3n) is 1.97. The number of benzene rings is 1. The van der Waals surface area contributed by atoms with Crippen molar-refractivity contribution in [3.05, 3.63) is 23.8 Å². The molecule has 1 heterocycles. The number of ether oxygens (including phenoxy) is 1. The van der Waals surface area contributed by atoms with Gasteiger partial charge in [-0.05, 0) is 12.1 Å². The molecule has 1 aromatic carbocycles. The third-order valence-corrected chi connectivity index (χ3v) is 1.97. The smallest absolute Gasteiger partial charge is 0.415 e. The van der Waals surface area contributed by atoms with Crippen molar-refractivity contribution in [3.63, 3.8) is 0 Å². The van der Waals surface area contributed by atoms with Gasteiger partial charge in [-0.15, -0.1) is 0 Å². The zero-order valence-corrected chi connectivity index (χ0v) is 7.15. The lowest BCUT2D eigenvalue weighted by Gasteiger charge is -2.24. The number of rotatable bonds is 0. The number of carbonyl (C=O) groups is 1. The maximum absolute atomic E-state index is 11.1. The lowest BCUT2D eigenvalue weighted by Crippen LogP contribution is -2.33. The second-order valence-corrected chi connectivity index (χ2v) is 3.02. The molecule has 1 aliphatic heterocycles. The summed E-state index contributed by atoms with van der Waals surface area (Å²) in [5, 5.41) is 9.14. The summed E-state index contributed by atoms with van der Waals surface area (Å²) in [5.41, 5.74) is 0.903. The Morgan fingerprint density at radius 3 is 3.08 bits per heavy atom. The summed E-state index contributed by atoms with van der Waals surface area (Å²) >= 11 is 0. The molecule has 68 valence electrons. The first-order valence-corrected chi connectivity index (χ1v) is 3.91. The Hall–Kier alpha value is -1.71. The van der Waals surface area contributed by atoms with E-state index in [4.69, 9.17) is 9.84 Å². The Kier molecular flexibility index (Phi) is 1.62. The van der Waals surface area contributed by atoms with E-state index < -0.39 is 6.09 Å². The minimum atomic E-state index is -0.391. The molecule has 0 saturated carbocycles. The Morgan fingerprint density at radius 1 is 1.54 bits per heavy atom. The molecular weight excluding hydrogens is 170 g/mol. The van der Waals surface area contributed by atoms with Gasteiger partial charge in [-0.2, -0.15) is 0 Å². The highest BCUT2D eigenvalue weighted by Crippen LogP contribution is 2.28. The van der Waals surface area contributed by atoms with Crippen LogP contribution in [0.5, 0.6) is 11.5 Å². The van der Waals surface area contributed by atoms with Crippen LogP contribution in [-0.2, 0) is 6.54 Å². The minimum Gasteiger partial charge on any atom is -0.508 e. The van der Waals surface area contributed by atoms with Gasteiger partial charge in [0.2, 0.25) is 0 Å². The first kappa shape index (κ1) is 7.91. The molecule has 1 N–H and O–H groups in total. The normalized spacial score (nSPS) is 15.2. The van der Waals surface area contributed by atoms with Crippen molar-refractivity contribution in [2.24, 2.45) is 0 Å². The van der Waals surface area contributed by atoms with Crippen LogP contribution in [0.25, 0.3) is 0 Å². The number of carbonyl (C=O) groups excluding carboxylic acids is 1. The molecule has 13 heavy (non-hydrogen) atoms. The summed E-state index contributed by atoms with van der Waals surface area (Å²) in [4.78, 5) is 12.6. The number of hydrogen-bond donors (Lipinski definition) is 1. The number of phenols is 1. The molecule has 0 spiro atoms. The molecule has 0 unspecified atom stereocenters. The number of hydrogen-bond acceptors (Lipinski definition) is 3. The zero-order valence-electron chi connectivity index (χ0n) is 7.15. The Labute approximate surface area is 75.3 Å². The van der Waals surface area contributed by atoms with Gasteiger partial charge in [-0.3, -0.25) is 0 Å². The highest BCUT2D eigenvalue weighted by atomic mass is 16.6. The Bertz CT molecular complexity index is 362. The quantitative estimate of drug-likeness (QED) is 0.653. The van der Waals surface area contributed by atoms with E-state index in [0.29, 0.717) is 12.3 Å². The summed E-state index contributed by atoms with van der Waals surface area (Å²) in [7, 11) is 1.66. The molecule has 0 aliphatic carbocycles. The number of phenolic OH excluding ortho intramolecular Hbond substituents is 1. The first-order chi connectivity index (χ1) is 6.16. The van der Waals surface area contributed by atoms with Crippen LogP contribution in [0, 0.1) is 0 Å². The molecule has 0 atom stereocenters. The SMILES string of the molecule is CN1Cc2ccc(O)cc2OC1=O. The van der Waals surface area contributed by atoms with E-state index in [1.807, 2.05) is 0 Å². The summed E-state index contributed by atoms with van der Waals surface area (Å²) in [6.45, 7) is 0.522. The fourth-order valence-corrected chi connectivity index (χ4v) is 1.26. The predicted molar refractivity (Wildman–Crippen MR) is 45.6 cm³/mol. The van der Waals surface area contributed by atoms with Gasteiger partial charge in [-0.1, -0.05) is 0 Å². The van der Waals surface area contributed by atoms with Crippen molar-refractivity contribution in [2.75, 3.05) is 7.05 Å². The van der Waals surface area contributed by atoms with Gasteiger partial charge in [-0.25, -0.2) is 4.79 Å². The third kappa shape index (κ3) is 1.30. The zero-order chi connectivity index (χ0) is 9.42. The van der Waals surface area contributed by atoms with Crippen LogP contribution in [0.4, 0.5) is 4.79 Å². The van der Waals surface area contributed by atoms with Gasteiger partial charge < -0.3 is 14.7 Å². The molecule has 0 radical (unpaired) electrons. The highest BCUT2D eigenvalue weighted by molar-refractivity contribution is 5.73. The number of amides is 1. The van der Waals surface area contributed by atoms with E-state index in [1.165, 1.54) is 11.0 Å². The van der Waals surface area contributed by atoms with Crippen molar-refractivity contribution >= 4 is 6.09 Å². The Balaban J connectivity index is 2.42. The van der Waals surface area contributed by atoms with Crippen molar-refractivity contribution < 1.29 is 14.6 Å². The molecule has 4 nitrogen and oxygen atoms in total. The molecule has 2 rings (SSSR count). The molecule has 1 aliphatic rings. The summed E-state index contributed by atoms with van der Waals surface area (Å²) < 4.78 is 4.95. The maximum Gasteiger partial charge on any atom is 0.415 e. The van der Waals surface area contributed by atoms with Crippen LogP contribution in [0.3, 0.4) is 0 Å². The van der Waals surface area contributed by atoms with Crippen LogP contribution < -0.4 is 4.74 Å². The van der Waals surface area contributed by atoms with Crippen LogP contribution >= 0.6 is 0 Å². The van der Waals surface area contributed by atoms with E-state index in [1.54, 1.807) is 19.2 Å². The van der Waals surface area contributed by atoms with Crippen LogP contribution in [-0.4, -0.2) is 23.1 Å². The molecule has 0 bridgehead atoms. The molecule has 4 heteroatoms. The van der Waals surface area contributed by atoms with Gasteiger partial charge in [0.1, 0.15) is 11.5 Å². The predicted octanol–water partition coefficient (Wildman–Crippen LogP) is 1.34. The van der Waals surface area contributed by atoms with Gasteiger partial charge in [0.05, 0.1) is 6.54 Å². The van der Waals surface area contributed by atoms with Crippen molar-refractivity contribution in [1.82, 2.24) is 4.90 Å².